The number of nitrogens with two attached hydrogens (primary N) is 1. The molecule has 0 radical (unpaired) electrons. The van der Waals surface area contributed by atoms with Gasteiger partial charge in [-0.25, -0.2) is 0 Å². The predicted molar refractivity (Wildman–Crippen MR) is 100 cm³/mol. The van der Waals surface area contributed by atoms with Crippen LogP contribution in [0.15, 0.2) is 47.4 Å². The SMILES string of the molecule is Cc1cccn(C(C(=O)Nc2cccc(C(N)=S)c2)C(C)C)c1=O. The number of nitrogens with one attached hydrogen (secondary N) is 1. The highest BCUT2D eigenvalue weighted by molar-refractivity contribution is 7.80. The number of thiocarbonyl (C=S) groups is 1. The minimum absolute atomic E-state index is 0.0525. The van der Waals surface area contributed by atoms with Crippen molar-refractivity contribution >= 4 is 28.8 Å². The monoisotopic (exact) mass is 343 g/mol. The Bertz CT molecular complexity index is 827. The van der Waals surface area contributed by atoms with Gasteiger partial charge in [0.25, 0.3) is 5.56 Å². The topological polar surface area (TPSA) is 77.1 Å². The normalized spacial score (nSPS) is 12.0. The van der Waals surface area contributed by atoms with E-state index in [9.17, 15) is 9.59 Å². The molecule has 0 bridgehead atoms. The molecule has 2 rings (SSSR count). The minimum atomic E-state index is -0.606. The van der Waals surface area contributed by atoms with E-state index in [1.54, 1.807) is 49.5 Å². The summed E-state index contributed by atoms with van der Waals surface area (Å²) < 4.78 is 1.48. The lowest BCUT2D eigenvalue weighted by Crippen LogP contribution is -2.36. The number of carbonyl (C=O) groups is 1. The van der Waals surface area contributed by atoms with Crippen LogP contribution in [0.3, 0.4) is 0 Å². The van der Waals surface area contributed by atoms with Gasteiger partial charge in [0.1, 0.15) is 11.0 Å². The first-order chi connectivity index (χ1) is 11.3. The van der Waals surface area contributed by atoms with Crippen molar-refractivity contribution in [1.82, 2.24) is 4.57 Å². The smallest absolute Gasteiger partial charge is 0.254 e. The Hall–Kier alpha value is -2.47. The maximum absolute atomic E-state index is 12.8. The van der Waals surface area contributed by atoms with Gasteiger partial charge in [0.05, 0.1) is 0 Å². The standard InChI is InChI=1S/C18H21N3O2S/c1-11(2)15(21-9-5-6-12(3)18(21)23)17(22)20-14-8-4-7-13(10-14)16(19)24/h4-11,15H,1-3H3,(H2,19,24)(H,20,22). The molecule has 1 atom stereocenters. The number of carbonyl (C=O) groups excluding carboxylic acids is 1. The molecule has 1 unspecified atom stereocenters. The Labute approximate surface area is 146 Å². The highest BCUT2D eigenvalue weighted by atomic mass is 32.1. The van der Waals surface area contributed by atoms with Gasteiger partial charge in [-0.3, -0.25) is 9.59 Å². The molecule has 0 saturated heterocycles. The van der Waals surface area contributed by atoms with Crippen LogP contribution < -0.4 is 16.6 Å². The Morgan fingerprint density at radius 3 is 2.58 bits per heavy atom. The molecule has 0 saturated carbocycles. The average molecular weight is 343 g/mol. The molecule has 0 aliphatic rings. The highest BCUT2D eigenvalue weighted by Crippen LogP contribution is 2.20. The molecular formula is C18H21N3O2S. The number of pyridine rings is 1. The van der Waals surface area contributed by atoms with Crippen LogP contribution in [0.4, 0.5) is 5.69 Å². The summed E-state index contributed by atoms with van der Waals surface area (Å²) in [5.41, 5.74) is 7.33. The Morgan fingerprint density at radius 2 is 1.96 bits per heavy atom. The van der Waals surface area contributed by atoms with E-state index in [2.05, 4.69) is 5.32 Å². The van der Waals surface area contributed by atoms with Crippen LogP contribution in [0.1, 0.15) is 31.0 Å². The van der Waals surface area contributed by atoms with E-state index in [1.165, 1.54) is 4.57 Å². The van der Waals surface area contributed by atoms with Gasteiger partial charge in [-0.15, -0.1) is 0 Å². The van der Waals surface area contributed by atoms with Crippen molar-refractivity contribution in [3.8, 4) is 0 Å². The zero-order chi connectivity index (χ0) is 17.9. The van der Waals surface area contributed by atoms with Crippen molar-refractivity contribution in [2.75, 3.05) is 5.32 Å². The number of anilines is 1. The number of amides is 1. The van der Waals surface area contributed by atoms with E-state index >= 15 is 0 Å². The van der Waals surface area contributed by atoms with Crippen LogP contribution >= 0.6 is 12.2 Å². The molecule has 1 aromatic heterocycles. The number of hydrogen-bond acceptors (Lipinski definition) is 3. The number of aryl methyl sites for hydroxylation is 1. The summed E-state index contributed by atoms with van der Waals surface area (Å²) in [6, 6.07) is 9.93. The number of aromatic nitrogens is 1. The second-order valence-electron chi connectivity index (χ2n) is 6.03. The Kier molecular flexibility index (Phi) is 5.51. The third kappa shape index (κ3) is 3.89. The van der Waals surface area contributed by atoms with Crippen molar-refractivity contribution in [3.05, 3.63) is 64.1 Å². The quantitative estimate of drug-likeness (QED) is 0.818. The molecule has 0 aliphatic carbocycles. The largest absolute Gasteiger partial charge is 0.389 e. The van der Waals surface area contributed by atoms with Crippen molar-refractivity contribution in [3.63, 3.8) is 0 Å². The van der Waals surface area contributed by atoms with E-state index < -0.39 is 6.04 Å². The molecule has 1 heterocycles. The number of nitrogens with zero attached hydrogens (tertiary/aromatic N) is 1. The van der Waals surface area contributed by atoms with Crippen LogP contribution in [0.5, 0.6) is 0 Å². The molecule has 2 aromatic rings. The molecule has 1 amide bonds. The molecule has 6 heteroatoms. The predicted octanol–water partition coefficient (Wildman–Crippen LogP) is 2.63. The molecule has 5 nitrogen and oxygen atoms in total. The highest BCUT2D eigenvalue weighted by Gasteiger charge is 2.25. The summed E-state index contributed by atoms with van der Waals surface area (Å²) in [5, 5.41) is 2.85. The van der Waals surface area contributed by atoms with Gasteiger partial charge in [0.2, 0.25) is 5.91 Å². The zero-order valence-electron chi connectivity index (χ0n) is 13.9. The van der Waals surface area contributed by atoms with E-state index in [-0.39, 0.29) is 22.4 Å². The first-order valence-corrected chi connectivity index (χ1v) is 8.10. The van der Waals surface area contributed by atoms with E-state index in [0.717, 1.165) is 0 Å². The maximum Gasteiger partial charge on any atom is 0.254 e. The van der Waals surface area contributed by atoms with Gasteiger partial charge in [-0.05, 0) is 31.0 Å². The van der Waals surface area contributed by atoms with Crippen LogP contribution in [0.25, 0.3) is 0 Å². The third-order valence-electron chi connectivity index (χ3n) is 3.78. The zero-order valence-corrected chi connectivity index (χ0v) is 14.8. The summed E-state index contributed by atoms with van der Waals surface area (Å²) >= 11 is 4.96. The second kappa shape index (κ2) is 7.40. The van der Waals surface area contributed by atoms with Crippen molar-refractivity contribution in [2.24, 2.45) is 11.7 Å². The molecule has 24 heavy (non-hydrogen) atoms. The first-order valence-electron chi connectivity index (χ1n) is 7.69. The number of hydrogen-bond donors (Lipinski definition) is 2. The van der Waals surface area contributed by atoms with Gasteiger partial charge in [0.15, 0.2) is 0 Å². The van der Waals surface area contributed by atoms with Crippen molar-refractivity contribution in [2.45, 2.75) is 26.8 Å². The molecule has 0 spiro atoms. The second-order valence-corrected chi connectivity index (χ2v) is 6.47. The first kappa shape index (κ1) is 17.9. The fourth-order valence-corrected chi connectivity index (χ4v) is 2.69. The Balaban J connectivity index is 2.34. The lowest BCUT2D eigenvalue weighted by atomic mass is 10.0. The van der Waals surface area contributed by atoms with Crippen LogP contribution in [-0.4, -0.2) is 15.5 Å². The molecular weight excluding hydrogens is 322 g/mol. The minimum Gasteiger partial charge on any atom is -0.389 e. The molecule has 0 fully saturated rings. The number of benzene rings is 1. The molecule has 1 aromatic carbocycles. The lowest BCUT2D eigenvalue weighted by molar-refractivity contribution is -0.120. The molecule has 126 valence electrons. The lowest BCUT2D eigenvalue weighted by Gasteiger charge is -2.23. The van der Waals surface area contributed by atoms with Crippen LogP contribution in [0.2, 0.25) is 0 Å². The Morgan fingerprint density at radius 1 is 1.25 bits per heavy atom. The molecule has 3 N–H and O–H groups in total. The van der Waals surface area contributed by atoms with Crippen molar-refractivity contribution in [1.29, 1.82) is 0 Å². The van der Waals surface area contributed by atoms with E-state index in [4.69, 9.17) is 18.0 Å². The van der Waals surface area contributed by atoms with Crippen LogP contribution in [-0.2, 0) is 4.79 Å². The van der Waals surface area contributed by atoms with Gasteiger partial charge in [0, 0.05) is 23.0 Å². The van der Waals surface area contributed by atoms with Gasteiger partial charge < -0.3 is 15.6 Å². The van der Waals surface area contributed by atoms with Gasteiger partial charge >= 0.3 is 0 Å². The summed E-state index contributed by atoms with van der Waals surface area (Å²) in [7, 11) is 0. The van der Waals surface area contributed by atoms with Gasteiger partial charge in [-0.2, -0.15) is 0 Å². The summed E-state index contributed by atoms with van der Waals surface area (Å²) in [4.78, 5) is 25.4. The fraction of sp³-hybridized carbons (Fsp3) is 0.278. The summed E-state index contributed by atoms with van der Waals surface area (Å²) in [5.74, 6) is -0.305. The fourth-order valence-electron chi connectivity index (χ4n) is 2.56. The third-order valence-corrected chi connectivity index (χ3v) is 4.01. The summed E-state index contributed by atoms with van der Waals surface area (Å²) in [6.07, 6.45) is 1.64. The van der Waals surface area contributed by atoms with Crippen molar-refractivity contribution < 1.29 is 4.79 Å². The maximum atomic E-state index is 12.8. The number of rotatable bonds is 5. The average Bonchev–Trinajstić information content (AvgIpc) is 2.51. The molecule has 0 aliphatic heterocycles. The van der Waals surface area contributed by atoms with Gasteiger partial charge in [-0.1, -0.05) is 44.3 Å². The van der Waals surface area contributed by atoms with E-state index in [0.29, 0.717) is 16.8 Å². The summed E-state index contributed by atoms with van der Waals surface area (Å²) in [6.45, 7) is 5.55. The van der Waals surface area contributed by atoms with E-state index in [1.807, 2.05) is 13.8 Å². The van der Waals surface area contributed by atoms with Crippen LogP contribution in [0, 0.1) is 12.8 Å².